The van der Waals surface area contributed by atoms with Crippen molar-refractivity contribution in [1.29, 1.82) is 0 Å². The second kappa shape index (κ2) is 5.11. The third-order valence-electron chi connectivity index (χ3n) is 3.45. The molecule has 1 unspecified atom stereocenters. The largest absolute Gasteiger partial charge is 0.330 e. The van der Waals surface area contributed by atoms with Gasteiger partial charge in [-0.2, -0.15) is 0 Å². The molecule has 1 aliphatic carbocycles. The van der Waals surface area contributed by atoms with Crippen LogP contribution in [0, 0.1) is 0 Å². The second-order valence-corrected chi connectivity index (χ2v) is 6.56. The number of aromatic nitrogens is 1. The maximum absolute atomic E-state index is 5.68. The summed E-state index contributed by atoms with van der Waals surface area (Å²) in [7, 11) is 0. The number of nitrogens with two attached hydrogens (primary N) is 1. The first kappa shape index (κ1) is 12.3. The van der Waals surface area contributed by atoms with Crippen molar-refractivity contribution in [2.75, 3.05) is 6.54 Å². The Labute approximate surface area is 119 Å². The van der Waals surface area contributed by atoms with Crippen LogP contribution < -0.4 is 5.73 Å². The zero-order chi connectivity index (χ0) is 12.5. The summed E-state index contributed by atoms with van der Waals surface area (Å²) in [5, 5.41) is 1.13. The van der Waals surface area contributed by atoms with Crippen molar-refractivity contribution in [1.82, 2.24) is 4.98 Å². The SMILES string of the molecule is NCCC1CCc2sc(-c3ccccc3Br)nc21. The molecule has 0 amide bonds. The zero-order valence-electron chi connectivity index (χ0n) is 10.0. The first-order valence-electron chi connectivity index (χ1n) is 6.24. The fourth-order valence-corrected chi connectivity index (χ4v) is 4.34. The van der Waals surface area contributed by atoms with Crippen LogP contribution in [-0.4, -0.2) is 11.5 Å². The van der Waals surface area contributed by atoms with Gasteiger partial charge in [0.25, 0.3) is 0 Å². The van der Waals surface area contributed by atoms with Gasteiger partial charge < -0.3 is 5.73 Å². The van der Waals surface area contributed by atoms with Crippen molar-refractivity contribution in [3.05, 3.63) is 39.3 Å². The fourth-order valence-electron chi connectivity index (χ4n) is 2.54. The van der Waals surface area contributed by atoms with Crippen LogP contribution in [-0.2, 0) is 6.42 Å². The monoisotopic (exact) mass is 322 g/mol. The quantitative estimate of drug-likeness (QED) is 0.929. The highest BCUT2D eigenvalue weighted by Gasteiger charge is 2.26. The lowest BCUT2D eigenvalue weighted by atomic mass is 10.0. The van der Waals surface area contributed by atoms with Gasteiger partial charge >= 0.3 is 0 Å². The van der Waals surface area contributed by atoms with E-state index in [1.807, 2.05) is 17.4 Å². The van der Waals surface area contributed by atoms with Crippen molar-refractivity contribution in [3.63, 3.8) is 0 Å². The topological polar surface area (TPSA) is 38.9 Å². The molecule has 1 aromatic heterocycles. The average Bonchev–Trinajstić information content (AvgIpc) is 2.92. The molecule has 0 spiro atoms. The summed E-state index contributed by atoms with van der Waals surface area (Å²) in [4.78, 5) is 6.31. The molecule has 1 atom stereocenters. The van der Waals surface area contributed by atoms with Crippen molar-refractivity contribution in [2.45, 2.75) is 25.2 Å². The van der Waals surface area contributed by atoms with E-state index < -0.39 is 0 Å². The van der Waals surface area contributed by atoms with Crippen LogP contribution in [0.25, 0.3) is 10.6 Å². The van der Waals surface area contributed by atoms with Gasteiger partial charge in [0, 0.05) is 20.8 Å². The first-order chi connectivity index (χ1) is 8.79. The molecule has 0 saturated heterocycles. The normalized spacial score (nSPS) is 18.0. The smallest absolute Gasteiger partial charge is 0.125 e. The van der Waals surface area contributed by atoms with E-state index in [0.717, 1.165) is 22.4 Å². The molecule has 94 valence electrons. The van der Waals surface area contributed by atoms with Gasteiger partial charge in [-0.25, -0.2) is 4.98 Å². The molecule has 0 aliphatic heterocycles. The standard InChI is InChI=1S/C14H15BrN2S/c15-11-4-2-1-3-10(11)14-17-13-9(7-8-16)5-6-12(13)18-14/h1-4,9H,5-8,16H2. The van der Waals surface area contributed by atoms with Crippen LogP contribution in [0.2, 0.25) is 0 Å². The molecule has 0 fully saturated rings. The number of thiazole rings is 1. The molecule has 2 aromatic rings. The van der Waals surface area contributed by atoms with Crippen LogP contribution in [0.5, 0.6) is 0 Å². The Kier molecular flexibility index (Phi) is 3.50. The van der Waals surface area contributed by atoms with Gasteiger partial charge in [-0.3, -0.25) is 0 Å². The van der Waals surface area contributed by atoms with E-state index in [1.165, 1.54) is 29.0 Å². The maximum atomic E-state index is 5.68. The summed E-state index contributed by atoms with van der Waals surface area (Å²) in [6, 6.07) is 8.28. The minimum absolute atomic E-state index is 0.581. The van der Waals surface area contributed by atoms with Crippen molar-refractivity contribution in [3.8, 4) is 10.6 Å². The Morgan fingerprint density at radius 3 is 3.00 bits per heavy atom. The van der Waals surface area contributed by atoms with E-state index >= 15 is 0 Å². The Bertz CT molecular complexity index is 565. The molecule has 3 rings (SSSR count). The molecule has 1 heterocycles. The third-order valence-corrected chi connectivity index (χ3v) is 5.31. The Hall–Kier alpha value is -0.710. The molecule has 2 N–H and O–H groups in total. The minimum Gasteiger partial charge on any atom is -0.330 e. The van der Waals surface area contributed by atoms with Gasteiger partial charge in [0.15, 0.2) is 0 Å². The highest BCUT2D eigenvalue weighted by atomic mass is 79.9. The zero-order valence-corrected chi connectivity index (χ0v) is 12.4. The Morgan fingerprint density at radius 1 is 1.39 bits per heavy atom. The number of nitrogens with zero attached hydrogens (tertiary/aromatic N) is 1. The number of halogens is 1. The Morgan fingerprint density at radius 2 is 2.22 bits per heavy atom. The van der Waals surface area contributed by atoms with E-state index in [9.17, 15) is 0 Å². The maximum Gasteiger partial charge on any atom is 0.125 e. The van der Waals surface area contributed by atoms with Gasteiger partial charge in [0.05, 0.1) is 5.69 Å². The Balaban J connectivity index is 1.97. The first-order valence-corrected chi connectivity index (χ1v) is 7.85. The number of rotatable bonds is 3. The van der Waals surface area contributed by atoms with E-state index in [2.05, 4.69) is 34.1 Å². The van der Waals surface area contributed by atoms with Crippen LogP contribution in [0.4, 0.5) is 0 Å². The van der Waals surface area contributed by atoms with Crippen molar-refractivity contribution in [2.24, 2.45) is 5.73 Å². The van der Waals surface area contributed by atoms with Gasteiger partial charge in [0.2, 0.25) is 0 Å². The summed E-state index contributed by atoms with van der Waals surface area (Å²) in [5.74, 6) is 0.581. The fraction of sp³-hybridized carbons (Fsp3) is 0.357. The van der Waals surface area contributed by atoms with E-state index in [4.69, 9.17) is 10.7 Å². The second-order valence-electron chi connectivity index (χ2n) is 4.62. The summed E-state index contributed by atoms with van der Waals surface area (Å²) >= 11 is 5.44. The van der Waals surface area contributed by atoms with Crippen LogP contribution in [0.3, 0.4) is 0 Å². The van der Waals surface area contributed by atoms with E-state index in [0.29, 0.717) is 5.92 Å². The molecule has 1 aromatic carbocycles. The van der Waals surface area contributed by atoms with Crippen LogP contribution in [0.15, 0.2) is 28.7 Å². The predicted octanol–water partition coefficient (Wildman–Crippen LogP) is 3.95. The number of benzene rings is 1. The average molecular weight is 323 g/mol. The van der Waals surface area contributed by atoms with Crippen molar-refractivity contribution >= 4 is 27.3 Å². The lowest BCUT2D eigenvalue weighted by molar-refractivity contribution is 0.616. The molecule has 0 bridgehead atoms. The summed E-state index contributed by atoms with van der Waals surface area (Å²) in [6.45, 7) is 0.756. The molecule has 2 nitrogen and oxygen atoms in total. The molecule has 1 aliphatic rings. The summed E-state index contributed by atoms with van der Waals surface area (Å²) < 4.78 is 1.12. The van der Waals surface area contributed by atoms with E-state index in [-0.39, 0.29) is 0 Å². The van der Waals surface area contributed by atoms with Gasteiger partial charge in [-0.05, 0) is 31.9 Å². The molecular formula is C14H15BrN2S. The van der Waals surface area contributed by atoms with E-state index in [1.54, 1.807) is 0 Å². The van der Waals surface area contributed by atoms with Gasteiger partial charge in [-0.15, -0.1) is 11.3 Å². The highest BCUT2D eigenvalue weighted by Crippen LogP contribution is 2.42. The number of hydrogen-bond donors (Lipinski definition) is 1. The number of hydrogen-bond acceptors (Lipinski definition) is 3. The summed E-state index contributed by atoms with van der Waals surface area (Å²) in [6.07, 6.45) is 3.45. The minimum atomic E-state index is 0.581. The van der Waals surface area contributed by atoms with Crippen molar-refractivity contribution < 1.29 is 0 Å². The predicted molar refractivity (Wildman–Crippen MR) is 80.0 cm³/mol. The third kappa shape index (κ3) is 2.13. The molecule has 0 radical (unpaired) electrons. The summed E-state index contributed by atoms with van der Waals surface area (Å²) in [5.41, 5.74) is 8.18. The highest BCUT2D eigenvalue weighted by molar-refractivity contribution is 9.10. The molecule has 18 heavy (non-hydrogen) atoms. The lowest BCUT2D eigenvalue weighted by Gasteiger charge is -2.06. The van der Waals surface area contributed by atoms with Crippen LogP contribution in [0.1, 0.15) is 29.3 Å². The number of aryl methyl sites for hydroxylation is 1. The number of fused-ring (bicyclic) bond motifs is 1. The molecule has 4 heteroatoms. The molecule has 0 saturated carbocycles. The lowest BCUT2D eigenvalue weighted by Crippen LogP contribution is -2.05. The van der Waals surface area contributed by atoms with Crippen LogP contribution >= 0.6 is 27.3 Å². The molecular weight excluding hydrogens is 308 g/mol. The van der Waals surface area contributed by atoms with Gasteiger partial charge in [-0.1, -0.05) is 34.1 Å². The van der Waals surface area contributed by atoms with Gasteiger partial charge in [0.1, 0.15) is 5.01 Å².